The predicted octanol–water partition coefficient (Wildman–Crippen LogP) is 2.28. The van der Waals surface area contributed by atoms with E-state index < -0.39 is 0 Å². The van der Waals surface area contributed by atoms with E-state index in [-0.39, 0.29) is 12.3 Å². The number of carbonyl (C=O) groups excluding carboxylic acids is 1. The van der Waals surface area contributed by atoms with Crippen molar-refractivity contribution in [2.24, 2.45) is 15.0 Å². The van der Waals surface area contributed by atoms with Crippen LogP contribution in [-0.2, 0) is 4.79 Å². The SMILES string of the molecule is O=C1C\C=N/C=c2/cccc/c2=N/c2ncnc3ccc(cc23)O/C=C\C=N/1. The molecule has 0 aliphatic carbocycles. The molecule has 0 fully saturated rings. The molecule has 0 saturated carbocycles. The van der Waals surface area contributed by atoms with Crippen LogP contribution in [0.3, 0.4) is 0 Å². The Bertz CT molecular complexity index is 1250. The molecular weight excluding hydrogens is 354 g/mol. The monoisotopic (exact) mass is 369 g/mol. The number of amides is 1. The second kappa shape index (κ2) is 8.13. The lowest BCUT2D eigenvalue weighted by Gasteiger charge is -2.04. The van der Waals surface area contributed by atoms with Gasteiger partial charge in [-0.3, -0.25) is 9.79 Å². The Labute approximate surface area is 160 Å². The van der Waals surface area contributed by atoms with Crippen LogP contribution in [0.5, 0.6) is 5.75 Å². The van der Waals surface area contributed by atoms with E-state index in [9.17, 15) is 4.79 Å². The zero-order chi connectivity index (χ0) is 19.2. The van der Waals surface area contributed by atoms with Crippen molar-refractivity contribution >= 4 is 41.3 Å². The topological polar surface area (TPSA) is 89.2 Å². The van der Waals surface area contributed by atoms with Crippen LogP contribution >= 0.6 is 0 Å². The highest BCUT2D eigenvalue weighted by atomic mass is 16.5. The van der Waals surface area contributed by atoms with Gasteiger partial charge in [-0.1, -0.05) is 18.2 Å². The molecule has 2 bridgehead atoms. The third-order valence-electron chi connectivity index (χ3n) is 3.92. The zero-order valence-electron chi connectivity index (χ0n) is 14.8. The Morgan fingerprint density at radius 3 is 2.93 bits per heavy atom. The third-order valence-corrected chi connectivity index (χ3v) is 3.92. The van der Waals surface area contributed by atoms with E-state index in [2.05, 4.69) is 20.0 Å². The van der Waals surface area contributed by atoms with Gasteiger partial charge in [0.25, 0.3) is 5.91 Å². The highest BCUT2D eigenvalue weighted by molar-refractivity contribution is 5.96. The van der Waals surface area contributed by atoms with Crippen molar-refractivity contribution in [1.29, 1.82) is 0 Å². The Hall–Kier alpha value is -4.00. The molecule has 7 heteroatoms. The fourth-order valence-electron chi connectivity index (χ4n) is 2.59. The van der Waals surface area contributed by atoms with Gasteiger partial charge in [0.1, 0.15) is 12.1 Å². The highest BCUT2D eigenvalue weighted by Gasteiger charge is 2.04. The molecule has 0 unspecified atom stereocenters. The van der Waals surface area contributed by atoms with Gasteiger partial charge in [-0.2, -0.15) is 0 Å². The highest BCUT2D eigenvalue weighted by Crippen LogP contribution is 2.25. The number of nitrogens with zero attached hydrogens (tertiary/aromatic N) is 5. The Morgan fingerprint density at radius 1 is 1.04 bits per heavy atom. The second-order valence-corrected chi connectivity index (χ2v) is 5.83. The summed E-state index contributed by atoms with van der Waals surface area (Å²) in [6, 6.07) is 13.0. The Kier molecular flexibility index (Phi) is 5.06. The van der Waals surface area contributed by atoms with Gasteiger partial charge in [-0.25, -0.2) is 20.0 Å². The van der Waals surface area contributed by atoms with E-state index in [0.29, 0.717) is 16.9 Å². The molecule has 0 radical (unpaired) electrons. The van der Waals surface area contributed by atoms with Gasteiger partial charge in [-0.05, 0) is 30.3 Å². The average Bonchev–Trinajstić information content (AvgIpc) is 2.72. The molecule has 2 heterocycles. The zero-order valence-corrected chi connectivity index (χ0v) is 14.8. The lowest BCUT2D eigenvalue weighted by atomic mass is 10.2. The summed E-state index contributed by atoms with van der Waals surface area (Å²) in [6.45, 7) is 0. The van der Waals surface area contributed by atoms with Crippen molar-refractivity contribution < 1.29 is 9.53 Å². The summed E-state index contributed by atoms with van der Waals surface area (Å²) in [4.78, 5) is 33.0. The van der Waals surface area contributed by atoms with Crippen molar-refractivity contribution in [2.75, 3.05) is 0 Å². The summed E-state index contributed by atoms with van der Waals surface area (Å²) in [5.41, 5.74) is 0.759. The predicted molar refractivity (Wildman–Crippen MR) is 107 cm³/mol. The number of para-hydroxylation sites is 1. The number of aliphatic imine (C=N–C) groups is 2. The summed E-state index contributed by atoms with van der Waals surface area (Å²) < 4.78 is 5.58. The van der Waals surface area contributed by atoms with Gasteiger partial charge in [-0.15, -0.1) is 0 Å². The summed E-state index contributed by atoms with van der Waals surface area (Å²) in [5.74, 6) is 0.834. The number of rotatable bonds is 0. The Morgan fingerprint density at radius 2 is 1.96 bits per heavy atom. The van der Waals surface area contributed by atoms with E-state index in [0.717, 1.165) is 16.1 Å². The molecule has 2 aromatic carbocycles. The fraction of sp³-hybridized carbons (Fsp3) is 0.0476. The summed E-state index contributed by atoms with van der Waals surface area (Å²) >= 11 is 0. The minimum atomic E-state index is -0.298. The molecule has 28 heavy (non-hydrogen) atoms. The number of ether oxygens (including phenoxy) is 1. The van der Waals surface area contributed by atoms with Crippen molar-refractivity contribution in [3.05, 3.63) is 71.7 Å². The van der Waals surface area contributed by atoms with Gasteiger partial charge in [0, 0.05) is 29.2 Å². The van der Waals surface area contributed by atoms with Crippen LogP contribution in [-0.4, -0.2) is 28.3 Å². The molecule has 3 aromatic rings. The molecule has 0 atom stereocenters. The summed E-state index contributed by atoms with van der Waals surface area (Å²) in [5, 5.41) is 2.28. The van der Waals surface area contributed by atoms with E-state index in [4.69, 9.17) is 9.73 Å². The maximum absolute atomic E-state index is 11.7. The van der Waals surface area contributed by atoms with Crippen LogP contribution < -0.4 is 15.3 Å². The van der Waals surface area contributed by atoms with Crippen molar-refractivity contribution in [3.63, 3.8) is 0 Å². The standard InChI is InChI=1S/C21H15N5O2/c27-20-8-10-22-13-15-4-1-2-5-18(15)26-21-17-12-16(28-11-3-9-23-20)6-7-19(17)24-14-25-21/h1-7,9-14H,8H2/b11-3-,15-13-,22-10-,23-9-,26-18-. The molecule has 7 nitrogen and oxygen atoms in total. The fourth-order valence-corrected chi connectivity index (χ4v) is 2.59. The van der Waals surface area contributed by atoms with Crippen LogP contribution in [0.4, 0.5) is 5.82 Å². The van der Waals surface area contributed by atoms with Gasteiger partial charge in [0.2, 0.25) is 0 Å². The van der Waals surface area contributed by atoms with Crippen LogP contribution in [0.25, 0.3) is 17.1 Å². The first kappa shape index (κ1) is 17.4. The van der Waals surface area contributed by atoms with E-state index in [1.165, 1.54) is 25.0 Å². The third kappa shape index (κ3) is 4.04. The quantitative estimate of drug-likeness (QED) is 0.608. The first-order chi connectivity index (χ1) is 13.8. The lowest BCUT2D eigenvalue weighted by molar-refractivity contribution is -0.116. The first-order valence-corrected chi connectivity index (χ1v) is 8.59. The van der Waals surface area contributed by atoms with E-state index in [1.54, 1.807) is 18.3 Å². The van der Waals surface area contributed by atoms with Crippen LogP contribution in [0.15, 0.2) is 76.1 Å². The maximum Gasteiger partial charge on any atom is 0.251 e. The van der Waals surface area contributed by atoms with Crippen molar-refractivity contribution in [1.82, 2.24) is 9.97 Å². The molecule has 4 rings (SSSR count). The smallest absolute Gasteiger partial charge is 0.251 e. The molecule has 136 valence electrons. The van der Waals surface area contributed by atoms with Crippen LogP contribution in [0.2, 0.25) is 0 Å². The van der Waals surface area contributed by atoms with Gasteiger partial charge < -0.3 is 4.74 Å². The van der Waals surface area contributed by atoms with Crippen molar-refractivity contribution in [3.8, 4) is 5.75 Å². The van der Waals surface area contributed by atoms with Crippen LogP contribution in [0, 0.1) is 0 Å². The molecule has 0 saturated heterocycles. The molecule has 0 spiro atoms. The number of fused-ring (bicyclic) bond motifs is 2. The Balaban J connectivity index is 1.93. The van der Waals surface area contributed by atoms with Gasteiger partial charge >= 0.3 is 0 Å². The van der Waals surface area contributed by atoms with E-state index in [1.807, 2.05) is 36.4 Å². The average molecular weight is 369 g/mol. The van der Waals surface area contributed by atoms with Gasteiger partial charge in [0.15, 0.2) is 5.82 Å². The first-order valence-electron chi connectivity index (χ1n) is 8.59. The largest absolute Gasteiger partial charge is 0.465 e. The molecule has 1 aromatic heterocycles. The van der Waals surface area contributed by atoms with Crippen LogP contribution in [0.1, 0.15) is 6.42 Å². The number of hydrogen-bond acceptors (Lipinski definition) is 6. The minimum Gasteiger partial charge on any atom is -0.465 e. The van der Waals surface area contributed by atoms with Gasteiger partial charge in [0.05, 0.1) is 23.6 Å². The molecular formula is C21H15N5O2. The number of benzene rings is 2. The summed E-state index contributed by atoms with van der Waals surface area (Å²) in [7, 11) is 0. The van der Waals surface area contributed by atoms with E-state index >= 15 is 0 Å². The lowest BCUT2D eigenvalue weighted by Crippen LogP contribution is -2.23. The summed E-state index contributed by atoms with van der Waals surface area (Å²) in [6.07, 6.45) is 9.15. The molecule has 1 aliphatic rings. The van der Waals surface area contributed by atoms with Crippen molar-refractivity contribution in [2.45, 2.75) is 6.42 Å². The molecule has 0 N–H and O–H groups in total. The number of aromatic nitrogens is 2. The number of carbonyl (C=O) groups is 1. The number of hydrogen-bond donors (Lipinski definition) is 0. The number of allylic oxidation sites excluding steroid dienone is 1. The normalized spacial score (nSPS) is 19.9. The maximum atomic E-state index is 11.7. The second-order valence-electron chi connectivity index (χ2n) is 5.83. The molecule has 1 amide bonds. The minimum absolute atomic E-state index is 0.105. The molecule has 1 aliphatic heterocycles.